The summed E-state index contributed by atoms with van der Waals surface area (Å²) in [4.78, 5) is 11.9. The number of halogens is 1. The Bertz CT molecular complexity index is 434. The zero-order chi connectivity index (χ0) is 14.3. The smallest absolute Gasteiger partial charge is 0.249 e. The van der Waals surface area contributed by atoms with E-state index in [1.54, 1.807) is 13.0 Å². The highest BCUT2D eigenvalue weighted by Crippen LogP contribution is 2.17. The molecule has 19 heavy (non-hydrogen) atoms. The van der Waals surface area contributed by atoms with Crippen LogP contribution in [0.15, 0.2) is 41.4 Å². The van der Waals surface area contributed by atoms with Gasteiger partial charge in [0.15, 0.2) is 0 Å². The van der Waals surface area contributed by atoms with Crippen molar-refractivity contribution >= 4 is 21.8 Å². The third kappa shape index (κ3) is 5.57. The fourth-order valence-electron chi connectivity index (χ4n) is 1.59. The van der Waals surface area contributed by atoms with Gasteiger partial charge in [0.05, 0.1) is 12.6 Å². The van der Waals surface area contributed by atoms with Gasteiger partial charge in [-0.3, -0.25) is 4.79 Å². The molecule has 0 heterocycles. The van der Waals surface area contributed by atoms with Crippen LogP contribution in [0, 0.1) is 0 Å². The van der Waals surface area contributed by atoms with Gasteiger partial charge >= 0.3 is 0 Å². The van der Waals surface area contributed by atoms with E-state index in [2.05, 4.69) is 27.8 Å². The molecule has 0 spiro atoms. The summed E-state index contributed by atoms with van der Waals surface area (Å²) in [7, 11) is 0. The highest BCUT2D eigenvalue weighted by molar-refractivity contribution is 9.10. The standard InChI is InChI=1S/C15H20BrNO2/c1-4-5-9-19-12(3)15(18)17-11(2)13-7-6-8-14(16)10-13/h4,6-8,10-12H,1,5,9H2,2-3H3,(H,17,18). The summed E-state index contributed by atoms with van der Waals surface area (Å²) in [6.07, 6.45) is 2.07. The topological polar surface area (TPSA) is 38.3 Å². The van der Waals surface area contributed by atoms with Crippen molar-refractivity contribution in [3.8, 4) is 0 Å². The van der Waals surface area contributed by atoms with Gasteiger partial charge in [0, 0.05) is 4.47 Å². The van der Waals surface area contributed by atoms with Crippen LogP contribution >= 0.6 is 15.9 Å². The van der Waals surface area contributed by atoms with E-state index in [1.807, 2.05) is 31.2 Å². The van der Waals surface area contributed by atoms with Crippen molar-refractivity contribution in [3.05, 3.63) is 47.0 Å². The fourth-order valence-corrected chi connectivity index (χ4v) is 2.01. The molecule has 0 aliphatic carbocycles. The Balaban J connectivity index is 2.49. The minimum atomic E-state index is -0.449. The first kappa shape index (κ1) is 15.9. The van der Waals surface area contributed by atoms with Crippen LogP contribution in [-0.2, 0) is 9.53 Å². The van der Waals surface area contributed by atoms with Gasteiger partial charge in [0.1, 0.15) is 6.10 Å². The summed E-state index contributed by atoms with van der Waals surface area (Å²) >= 11 is 3.42. The fraction of sp³-hybridized carbons (Fsp3) is 0.400. The van der Waals surface area contributed by atoms with Crippen molar-refractivity contribution in [2.24, 2.45) is 0 Å². The van der Waals surface area contributed by atoms with Crippen molar-refractivity contribution < 1.29 is 9.53 Å². The molecule has 2 unspecified atom stereocenters. The van der Waals surface area contributed by atoms with Gasteiger partial charge in [-0.1, -0.05) is 34.1 Å². The average molecular weight is 326 g/mol. The monoisotopic (exact) mass is 325 g/mol. The lowest BCUT2D eigenvalue weighted by Gasteiger charge is -2.18. The van der Waals surface area contributed by atoms with Gasteiger partial charge in [0.25, 0.3) is 0 Å². The second kappa shape index (κ2) is 8.12. The molecule has 104 valence electrons. The number of carbonyl (C=O) groups excluding carboxylic acids is 1. The summed E-state index contributed by atoms with van der Waals surface area (Å²) in [6.45, 7) is 7.84. The molecule has 1 N–H and O–H groups in total. The van der Waals surface area contributed by atoms with Gasteiger partial charge in [-0.05, 0) is 38.0 Å². The Kier molecular flexibility index (Phi) is 6.81. The second-order valence-electron chi connectivity index (χ2n) is 4.38. The summed E-state index contributed by atoms with van der Waals surface area (Å²) in [6, 6.07) is 7.84. The van der Waals surface area contributed by atoms with Gasteiger partial charge in [0.2, 0.25) is 5.91 Å². The quantitative estimate of drug-likeness (QED) is 0.614. The van der Waals surface area contributed by atoms with Crippen molar-refractivity contribution in [3.63, 3.8) is 0 Å². The third-order valence-corrected chi connectivity index (χ3v) is 3.26. The Labute approximate surface area is 123 Å². The van der Waals surface area contributed by atoms with Gasteiger partial charge in [-0.25, -0.2) is 0 Å². The van der Waals surface area contributed by atoms with E-state index in [1.165, 1.54) is 0 Å². The number of hydrogen-bond acceptors (Lipinski definition) is 2. The van der Waals surface area contributed by atoms with Crippen LogP contribution in [0.1, 0.15) is 31.9 Å². The van der Waals surface area contributed by atoms with Crippen molar-refractivity contribution in [2.75, 3.05) is 6.61 Å². The van der Waals surface area contributed by atoms with Crippen LogP contribution in [0.5, 0.6) is 0 Å². The van der Waals surface area contributed by atoms with Gasteiger partial charge in [-0.2, -0.15) is 0 Å². The van der Waals surface area contributed by atoms with E-state index in [0.29, 0.717) is 6.61 Å². The molecule has 0 saturated carbocycles. The zero-order valence-corrected chi connectivity index (χ0v) is 12.9. The number of amides is 1. The maximum Gasteiger partial charge on any atom is 0.249 e. The Hall–Kier alpha value is -1.13. The number of rotatable bonds is 7. The molecule has 0 aliphatic rings. The molecule has 0 aliphatic heterocycles. The van der Waals surface area contributed by atoms with Crippen LogP contribution < -0.4 is 5.32 Å². The molecule has 1 rings (SSSR count). The molecule has 1 aromatic carbocycles. The third-order valence-electron chi connectivity index (χ3n) is 2.77. The number of benzene rings is 1. The van der Waals surface area contributed by atoms with Gasteiger partial charge < -0.3 is 10.1 Å². The molecule has 0 saturated heterocycles. The first-order valence-corrected chi connectivity index (χ1v) is 7.12. The highest BCUT2D eigenvalue weighted by Gasteiger charge is 2.16. The van der Waals surface area contributed by atoms with Crippen molar-refractivity contribution in [1.82, 2.24) is 5.32 Å². The van der Waals surface area contributed by atoms with E-state index in [-0.39, 0.29) is 11.9 Å². The number of ether oxygens (including phenoxy) is 1. The maximum absolute atomic E-state index is 11.9. The van der Waals surface area contributed by atoms with E-state index in [0.717, 1.165) is 16.5 Å². The van der Waals surface area contributed by atoms with Crippen LogP contribution in [0.4, 0.5) is 0 Å². The molecule has 0 fully saturated rings. The Morgan fingerprint density at radius 3 is 2.89 bits per heavy atom. The summed E-state index contributed by atoms with van der Waals surface area (Å²) in [5.74, 6) is -0.100. The summed E-state index contributed by atoms with van der Waals surface area (Å²) in [5.41, 5.74) is 1.06. The molecule has 0 aromatic heterocycles. The first-order chi connectivity index (χ1) is 9.04. The van der Waals surface area contributed by atoms with E-state index < -0.39 is 6.10 Å². The Morgan fingerprint density at radius 2 is 2.26 bits per heavy atom. The molecule has 1 aromatic rings. The predicted molar refractivity (Wildman–Crippen MR) is 80.9 cm³/mol. The lowest BCUT2D eigenvalue weighted by Crippen LogP contribution is -2.36. The van der Waals surface area contributed by atoms with E-state index in [9.17, 15) is 4.79 Å². The SMILES string of the molecule is C=CCCOC(C)C(=O)NC(C)c1cccc(Br)c1. The zero-order valence-electron chi connectivity index (χ0n) is 11.4. The molecule has 2 atom stereocenters. The largest absolute Gasteiger partial charge is 0.368 e. The van der Waals surface area contributed by atoms with E-state index in [4.69, 9.17) is 4.74 Å². The number of nitrogens with one attached hydrogen (secondary N) is 1. The van der Waals surface area contributed by atoms with Gasteiger partial charge in [-0.15, -0.1) is 6.58 Å². The van der Waals surface area contributed by atoms with Crippen molar-refractivity contribution in [1.29, 1.82) is 0 Å². The average Bonchev–Trinajstić information content (AvgIpc) is 2.38. The number of carbonyl (C=O) groups is 1. The van der Waals surface area contributed by atoms with Crippen molar-refractivity contribution in [2.45, 2.75) is 32.4 Å². The normalized spacial score (nSPS) is 13.6. The van der Waals surface area contributed by atoms with Crippen LogP contribution in [0.3, 0.4) is 0 Å². The lowest BCUT2D eigenvalue weighted by molar-refractivity contribution is -0.132. The van der Waals surface area contributed by atoms with Crippen LogP contribution in [-0.4, -0.2) is 18.6 Å². The molecular formula is C15H20BrNO2. The Morgan fingerprint density at radius 1 is 1.53 bits per heavy atom. The minimum Gasteiger partial charge on any atom is -0.368 e. The van der Waals surface area contributed by atoms with Crippen LogP contribution in [0.2, 0.25) is 0 Å². The molecule has 4 heteroatoms. The second-order valence-corrected chi connectivity index (χ2v) is 5.29. The lowest BCUT2D eigenvalue weighted by atomic mass is 10.1. The number of hydrogen-bond donors (Lipinski definition) is 1. The summed E-state index contributed by atoms with van der Waals surface area (Å²) < 4.78 is 6.41. The van der Waals surface area contributed by atoms with E-state index >= 15 is 0 Å². The molecular weight excluding hydrogens is 306 g/mol. The molecule has 0 radical (unpaired) electrons. The molecule has 0 bridgehead atoms. The molecule has 3 nitrogen and oxygen atoms in total. The molecule has 1 amide bonds. The first-order valence-electron chi connectivity index (χ1n) is 6.33. The minimum absolute atomic E-state index is 0.0459. The maximum atomic E-state index is 11.9. The van der Waals surface area contributed by atoms with Crippen LogP contribution in [0.25, 0.3) is 0 Å². The highest BCUT2D eigenvalue weighted by atomic mass is 79.9. The predicted octanol–water partition coefficient (Wildman–Crippen LogP) is 3.61. The summed E-state index contributed by atoms with van der Waals surface area (Å²) in [5, 5.41) is 2.94.